The molecule has 1 amide bonds. The van der Waals surface area contributed by atoms with Gasteiger partial charge in [-0.25, -0.2) is 4.98 Å². The van der Waals surface area contributed by atoms with Crippen LogP contribution in [0.3, 0.4) is 0 Å². The Bertz CT molecular complexity index is 801. The molecule has 3 heterocycles. The molecule has 1 aliphatic rings. The summed E-state index contributed by atoms with van der Waals surface area (Å²) in [6.45, 7) is 4.33. The summed E-state index contributed by atoms with van der Waals surface area (Å²) in [5, 5.41) is 10.2. The van der Waals surface area contributed by atoms with E-state index < -0.39 is 11.4 Å². The number of rotatable bonds is 3. The van der Waals surface area contributed by atoms with Gasteiger partial charge in [-0.1, -0.05) is 11.6 Å². The molecule has 3 rings (SSSR count). The molecule has 8 heteroatoms. The highest BCUT2D eigenvalue weighted by molar-refractivity contribution is 7.24. The topological polar surface area (TPSA) is 70.5 Å². The lowest BCUT2D eigenvalue weighted by atomic mass is 9.82. The average molecular weight is 385 g/mol. The highest BCUT2D eigenvalue weighted by Gasteiger charge is 2.40. The first-order valence-electron chi connectivity index (χ1n) is 7.56. The third kappa shape index (κ3) is 3.20. The summed E-state index contributed by atoms with van der Waals surface area (Å²) < 4.78 is 0.680. The van der Waals surface area contributed by atoms with E-state index in [0.717, 1.165) is 9.88 Å². The highest BCUT2D eigenvalue weighted by Crippen LogP contribution is 2.36. The number of hydrogen-bond donors (Lipinski definition) is 1. The van der Waals surface area contributed by atoms with E-state index in [0.29, 0.717) is 34.3 Å². The molecule has 128 valence electrons. The number of aryl methyl sites for hydroxylation is 1. The number of hydrogen-bond acceptors (Lipinski definition) is 5. The molecular weight excluding hydrogens is 368 g/mol. The Morgan fingerprint density at radius 2 is 2.12 bits per heavy atom. The smallest absolute Gasteiger partial charge is 0.311 e. The lowest BCUT2D eigenvalue weighted by molar-refractivity contribution is -0.150. The highest BCUT2D eigenvalue weighted by atomic mass is 35.5. The number of carboxylic acids is 1. The summed E-state index contributed by atoms with van der Waals surface area (Å²) in [5.74, 6) is -0.985. The summed E-state index contributed by atoms with van der Waals surface area (Å²) in [7, 11) is 0. The van der Waals surface area contributed by atoms with Crippen molar-refractivity contribution in [1.82, 2.24) is 9.88 Å². The van der Waals surface area contributed by atoms with Crippen LogP contribution in [-0.4, -0.2) is 40.0 Å². The van der Waals surface area contributed by atoms with Crippen LogP contribution in [0.15, 0.2) is 12.1 Å². The first-order chi connectivity index (χ1) is 11.3. The molecule has 1 atom stereocenters. The fraction of sp³-hybridized carbons (Fsp3) is 0.438. The molecule has 1 N–H and O–H groups in total. The molecule has 1 unspecified atom stereocenters. The molecule has 0 spiro atoms. The number of carbonyl (C=O) groups excluding carboxylic acids is 1. The van der Waals surface area contributed by atoms with Gasteiger partial charge in [0.1, 0.15) is 9.88 Å². The zero-order valence-corrected chi connectivity index (χ0v) is 15.7. The maximum atomic E-state index is 12.9. The minimum absolute atomic E-state index is 0.133. The number of thiophene rings is 1. The van der Waals surface area contributed by atoms with E-state index >= 15 is 0 Å². The zero-order chi connectivity index (χ0) is 17.5. The standard InChI is InChI=1S/C16H17ClN2O3S2/c1-9-12(24-13(18-9)10-4-5-11(17)23-10)14(20)19-7-3-6-16(2,8-19)15(21)22/h4-5H,3,6-8H2,1-2H3,(H,21,22). The van der Waals surface area contributed by atoms with Crippen LogP contribution >= 0.6 is 34.3 Å². The number of amides is 1. The second kappa shape index (κ2) is 6.46. The summed E-state index contributed by atoms with van der Waals surface area (Å²) in [6, 6.07) is 3.70. The van der Waals surface area contributed by atoms with Crippen molar-refractivity contribution in [3.8, 4) is 9.88 Å². The van der Waals surface area contributed by atoms with Crippen molar-refractivity contribution in [2.45, 2.75) is 26.7 Å². The Labute approximate surface area is 152 Å². The van der Waals surface area contributed by atoms with Gasteiger partial charge in [0.15, 0.2) is 0 Å². The Kier molecular flexibility index (Phi) is 4.68. The van der Waals surface area contributed by atoms with Crippen LogP contribution in [0.4, 0.5) is 0 Å². The SMILES string of the molecule is Cc1nc(-c2ccc(Cl)s2)sc1C(=O)N1CCCC(C)(C(=O)O)C1. The number of nitrogens with zero attached hydrogens (tertiary/aromatic N) is 2. The summed E-state index contributed by atoms with van der Waals surface area (Å²) >= 11 is 8.73. The van der Waals surface area contributed by atoms with Crippen LogP contribution in [0.25, 0.3) is 9.88 Å². The number of aromatic nitrogens is 1. The molecule has 1 fully saturated rings. The normalized spacial score (nSPS) is 21.0. The Hall–Kier alpha value is -1.44. The third-order valence-electron chi connectivity index (χ3n) is 4.27. The van der Waals surface area contributed by atoms with Crippen molar-refractivity contribution in [2.75, 3.05) is 13.1 Å². The van der Waals surface area contributed by atoms with Crippen LogP contribution < -0.4 is 0 Å². The first-order valence-corrected chi connectivity index (χ1v) is 9.57. The molecule has 0 saturated carbocycles. The number of halogens is 1. The molecule has 1 saturated heterocycles. The van der Waals surface area contributed by atoms with Gasteiger partial charge in [0.2, 0.25) is 0 Å². The molecule has 0 radical (unpaired) electrons. The Morgan fingerprint density at radius 1 is 1.38 bits per heavy atom. The number of piperidine rings is 1. The van der Waals surface area contributed by atoms with Gasteiger partial charge in [-0.05, 0) is 38.8 Å². The van der Waals surface area contributed by atoms with Crippen molar-refractivity contribution in [3.05, 3.63) is 27.0 Å². The fourth-order valence-corrected chi connectivity index (χ4v) is 4.99. The van der Waals surface area contributed by atoms with Crippen LogP contribution in [0.1, 0.15) is 35.1 Å². The number of likely N-dealkylation sites (tertiary alicyclic amines) is 1. The molecule has 2 aromatic heterocycles. The third-order valence-corrected chi connectivity index (χ3v) is 6.82. The number of carbonyl (C=O) groups is 2. The van der Waals surface area contributed by atoms with Gasteiger partial charge < -0.3 is 10.0 Å². The van der Waals surface area contributed by atoms with Gasteiger partial charge in [-0.2, -0.15) is 0 Å². The molecule has 0 aromatic carbocycles. The zero-order valence-electron chi connectivity index (χ0n) is 13.3. The van der Waals surface area contributed by atoms with E-state index in [-0.39, 0.29) is 12.5 Å². The van der Waals surface area contributed by atoms with E-state index in [1.165, 1.54) is 22.7 Å². The van der Waals surface area contributed by atoms with E-state index in [9.17, 15) is 14.7 Å². The van der Waals surface area contributed by atoms with E-state index in [2.05, 4.69) is 4.98 Å². The molecule has 5 nitrogen and oxygen atoms in total. The number of thiazole rings is 1. The van der Waals surface area contributed by atoms with E-state index in [4.69, 9.17) is 11.6 Å². The maximum absolute atomic E-state index is 12.9. The maximum Gasteiger partial charge on any atom is 0.311 e. The van der Waals surface area contributed by atoms with E-state index in [1.54, 1.807) is 11.8 Å². The van der Waals surface area contributed by atoms with Crippen molar-refractivity contribution < 1.29 is 14.7 Å². The molecule has 24 heavy (non-hydrogen) atoms. The van der Waals surface area contributed by atoms with Gasteiger partial charge >= 0.3 is 5.97 Å². The quantitative estimate of drug-likeness (QED) is 0.862. The van der Waals surface area contributed by atoms with Crippen LogP contribution in [-0.2, 0) is 4.79 Å². The lowest BCUT2D eigenvalue weighted by Crippen LogP contribution is -2.48. The molecule has 1 aliphatic heterocycles. The second-order valence-electron chi connectivity index (χ2n) is 6.23. The molecular formula is C16H17ClN2O3S2. The Morgan fingerprint density at radius 3 is 2.75 bits per heavy atom. The lowest BCUT2D eigenvalue weighted by Gasteiger charge is -2.37. The second-order valence-corrected chi connectivity index (χ2v) is 8.95. The minimum atomic E-state index is -0.878. The van der Waals surface area contributed by atoms with Gasteiger partial charge in [-0.3, -0.25) is 9.59 Å². The van der Waals surface area contributed by atoms with Crippen molar-refractivity contribution in [3.63, 3.8) is 0 Å². The van der Waals surface area contributed by atoms with Crippen molar-refractivity contribution in [1.29, 1.82) is 0 Å². The molecule has 2 aromatic rings. The monoisotopic (exact) mass is 384 g/mol. The van der Waals surface area contributed by atoms with Crippen LogP contribution in [0.2, 0.25) is 4.34 Å². The van der Waals surface area contributed by atoms with Gasteiger partial charge in [0.25, 0.3) is 5.91 Å². The van der Waals surface area contributed by atoms with Gasteiger partial charge in [-0.15, -0.1) is 22.7 Å². The summed E-state index contributed by atoms with van der Waals surface area (Å²) in [5.41, 5.74) is -0.205. The number of aliphatic carboxylic acids is 1. The summed E-state index contributed by atoms with van der Waals surface area (Å²) in [4.78, 5) is 32.0. The number of carboxylic acid groups (broad SMARTS) is 1. The first kappa shape index (κ1) is 17.4. The van der Waals surface area contributed by atoms with Gasteiger partial charge in [0.05, 0.1) is 20.3 Å². The largest absolute Gasteiger partial charge is 0.481 e. The minimum Gasteiger partial charge on any atom is -0.481 e. The van der Waals surface area contributed by atoms with Crippen molar-refractivity contribution in [2.24, 2.45) is 5.41 Å². The predicted octanol–water partition coefficient (Wildman–Crippen LogP) is 4.16. The van der Waals surface area contributed by atoms with Crippen molar-refractivity contribution >= 4 is 46.2 Å². The van der Waals surface area contributed by atoms with Crippen LogP contribution in [0, 0.1) is 12.3 Å². The fourth-order valence-electron chi connectivity index (χ4n) is 2.86. The molecule has 0 aliphatic carbocycles. The van der Waals surface area contributed by atoms with E-state index in [1.807, 2.05) is 19.1 Å². The Balaban J connectivity index is 1.85. The predicted molar refractivity (Wildman–Crippen MR) is 96.1 cm³/mol. The van der Waals surface area contributed by atoms with Gasteiger partial charge in [0, 0.05) is 13.1 Å². The summed E-state index contributed by atoms with van der Waals surface area (Å²) in [6.07, 6.45) is 1.28. The van der Waals surface area contributed by atoms with Crippen LogP contribution in [0.5, 0.6) is 0 Å². The average Bonchev–Trinajstić information content (AvgIpc) is 3.12. The molecule has 0 bridgehead atoms.